The van der Waals surface area contributed by atoms with Crippen molar-refractivity contribution in [3.05, 3.63) is 65.5 Å². The maximum Gasteiger partial charge on any atom is 0.247 e. The maximum absolute atomic E-state index is 12.1. The first kappa shape index (κ1) is 17.7. The van der Waals surface area contributed by atoms with E-state index in [2.05, 4.69) is 15.5 Å². The maximum atomic E-state index is 12.1. The summed E-state index contributed by atoms with van der Waals surface area (Å²) in [6.45, 7) is 2.42. The van der Waals surface area contributed by atoms with Crippen LogP contribution < -0.4 is 10.1 Å². The minimum absolute atomic E-state index is 0.0776. The molecular formula is C20H21N3O3. The first-order valence-electron chi connectivity index (χ1n) is 8.43. The summed E-state index contributed by atoms with van der Waals surface area (Å²) in [6, 6.07) is 15.5. The molecule has 0 fully saturated rings. The molecule has 134 valence electrons. The van der Waals surface area contributed by atoms with Gasteiger partial charge in [0, 0.05) is 30.5 Å². The van der Waals surface area contributed by atoms with Crippen molar-refractivity contribution in [3.8, 4) is 17.2 Å². The van der Waals surface area contributed by atoms with E-state index in [9.17, 15) is 4.79 Å². The van der Waals surface area contributed by atoms with Gasteiger partial charge in [-0.3, -0.25) is 4.79 Å². The Morgan fingerprint density at radius 1 is 1.15 bits per heavy atom. The summed E-state index contributed by atoms with van der Waals surface area (Å²) in [7, 11) is 1.61. The van der Waals surface area contributed by atoms with Gasteiger partial charge in [0.1, 0.15) is 5.75 Å². The molecule has 0 spiro atoms. The molecule has 1 aromatic heterocycles. The Labute approximate surface area is 152 Å². The summed E-state index contributed by atoms with van der Waals surface area (Å²) in [5.74, 6) is 1.60. The van der Waals surface area contributed by atoms with Gasteiger partial charge in [0.2, 0.25) is 17.7 Å². The largest absolute Gasteiger partial charge is 0.496 e. The number of amides is 1. The van der Waals surface area contributed by atoms with E-state index < -0.39 is 0 Å². The van der Waals surface area contributed by atoms with Crippen molar-refractivity contribution in [2.24, 2.45) is 0 Å². The Kier molecular flexibility index (Phi) is 5.63. The number of carbonyl (C=O) groups is 1. The Balaban J connectivity index is 1.52. The highest BCUT2D eigenvalue weighted by molar-refractivity contribution is 5.76. The van der Waals surface area contributed by atoms with Crippen LogP contribution in [0.4, 0.5) is 0 Å². The molecule has 0 unspecified atom stereocenters. The second-order valence-electron chi connectivity index (χ2n) is 5.96. The van der Waals surface area contributed by atoms with E-state index in [0.717, 1.165) is 22.4 Å². The molecule has 0 atom stereocenters. The molecule has 2 aromatic carbocycles. The fourth-order valence-electron chi connectivity index (χ4n) is 2.60. The molecule has 0 saturated carbocycles. The molecule has 1 N–H and O–H groups in total. The lowest BCUT2D eigenvalue weighted by molar-refractivity contribution is -0.121. The Morgan fingerprint density at radius 2 is 2.00 bits per heavy atom. The number of para-hydroxylation sites is 1. The molecule has 3 rings (SSSR count). The van der Waals surface area contributed by atoms with Gasteiger partial charge >= 0.3 is 0 Å². The van der Waals surface area contributed by atoms with Crippen molar-refractivity contribution < 1.29 is 13.9 Å². The lowest BCUT2D eigenvalue weighted by atomic mass is 10.1. The van der Waals surface area contributed by atoms with Gasteiger partial charge in [-0.05, 0) is 25.1 Å². The van der Waals surface area contributed by atoms with Crippen LogP contribution in [-0.4, -0.2) is 23.2 Å². The average Bonchev–Trinajstić information content (AvgIpc) is 3.14. The normalized spacial score (nSPS) is 10.5. The fourth-order valence-corrected chi connectivity index (χ4v) is 2.60. The van der Waals surface area contributed by atoms with E-state index in [1.165, 1.54) is 0 Å². The molecule has 0 saturated heterocycles. The van der Waals surface area contributed by atoms with Gasteiger partial charge in [0.25, 0.3) is 0 Å². The summed E-state index contributed by atoms with van der Waals surface area (Å²) in [4.78, 5) is 12.1. The van der Waals surface area contributed by atoms with E-state index in [4.69, 9.17) is 9.15 Å². The number of aryl methyl sites for hydroxylation is 2. The molecule has 6 nitrogen and oxygen atoms in total. The number of hydrogen-bond donors (Lipinski definition) is 1. The molecule has 6 heteroatoms. The zero-order valence-corrected chi connectivity index (χ0v) is 14.9. The quantitative estimate of drug-likeness (QED) is 0.707. The monoisotopic (exact) mass is 351 g/mol. The van der Waals surface area contributed by atoms with Crippen molar-refractivity contribution in [2.45, 2.75) is 26.3 Å². The highest BCUT2D eigenvalue weighted by atomic mass is 16.5. The molecular weight excluding hydrogens is 330 g/mol. The predicted octanol–water partition coefficient (Wildman–Crippen LogP) is 3.30. The topological polar surface area (TPSA) is 77.2 Å². The molecule has 1 heterocycles. The lowest BCUT2D eigenvalue weighted by Gasteiger charge is -2.09. The molecule has 1 amide bonds. The van der Waals surface area contributed by atoms with Crippen LogP contribution in [0.3, 0.4) is 0 Å². The fraction of sp³-hybridized carbons (Fsp3) is 0.250. The number of methoxy groups -OCH3 is 1. The van der Waals surface area contributed by atoms with Crippen LogP contribution in [0.25, 0.3) is 11.5 Å². The molecule has 0 aliphatic carbocycles. The van der Waals surface area contributed by atoms with Gasteiger partial charge in [-0.25, -0.2) is 0 Å². The van der Waals surface area contributed by atoms with E-state index in [1.807, 2.05) is 55.5 Å². The summed E-state index contributed by atoms with van der Waals surface area (Å²) in [5, 5.41) is 11.0. The number of nitrogens with zero attached hydrogens (tertiary/aromatic N) is 2. The Bertz CT molecular complexity index is 889. The number of ether oxygens (including phenoxy) is 1. The first-order chi connectivity index (χ1) is 12.7. The molecule has 0 aliphatic rings. The highest BCUT2D eigenvalue weighted by Gasteiger charge is 2.11. The number of rotatable bonds is 7. The smallest absolute Gasteiger partial charge is 0.247 e. The predicted molar refractivity (Wildman–Crippen MR) is 97.6 cm³/mol. The Morgan fingerprint density at radius 3 is 2.81 bits per heavy atom. The second kappa shape index (κ2) is 8.29. The molecule has 0 radical (unpaired) electrons. The summed E-state index contributed by atoms with van der Waals surface area (Å²) in [6.07, 6.45) is 0.682. The van der Waals surface area contributed by atoms with Crippen LogP contribution >= 0.6 is 0 Å². The number of nitrogens with one attached hydrogen (secondary N) is 1. The minimum Gasteiger partial charge on any atom is -0.496 e. The van der Waals surface area contributed by atoms with E-state index in [-0.39, 0.29) is 12.3 Å². The van der Waals surface area contributed by atoms with Gasteiger partial charge in [0.15, 0.2) is 0 Å². The van der Waals surface area contributed by atoms with E-state index in [0.29, 0.717) is 24.7 Å². The van der Waals surface area contributed by atoms with Crippen LogP contribution in [-0.2, 0) is 17.8 Å². The van der Waals surface area contributed by atoms with Crippen LogP contribution in [0.1, 0.15) is 23.4 Å². The van der Waals surface area contributed by atoms with E-state index in [1.54, 1.807) is 7.11 Å². The summed E-state index contributed by atoms with van der Waals surface area (Å²) in [5.41, 5.74) is 2.94. The van der Waals surface area contributed by atoms with Gasteiger partial charge in [-0.15, -0.1) is 10.2 Å². The average molecular weight is 351 g/mol. The van der Waals surface area contributed by atoms with Crippen LogP contribution in [0.2, 0.25) is 0 Å². The molecule has 0 bridgehead atoms. The third kappa shape index (κ3) is 4.47. The number of carbonyl (C=O) groups excluding carboxylic acids is 1. The van der Waals surface area contributed by atoms with Crippen molar-refractivity contribution in [1.82, 2.24) is 15.5 Å². The van der Waals surface area contributed by atoms with Crippen LogP contribution in [0.5, 0.6) is 5.75 Å². The SMILES string of the molecule is COc1ccccc1CNC(=O)CCc1nnc(-c2cccc(C)c2)o1. The zero-order valence-electron chi connectivity index (χ0n) is 14.9. The van der Waals surface area contributed by atoms with Gasteiger partial charge in [0.05, 0.1) is 7.11 Å². The number of aromatic nitrogens is 2. The van der Waals surface area contributed by atoms with Crippen molar-refractivity contribution >= 4 is 5.91 Å². The van der Waals surface area contributed by atoms with Gasteiger partial charge in [-0.1, -0.05) is 35.9 Å². The van der Waals surface area contributed by atoms with Crippen LogP contribution in [0, 0.1) is 6.92 Å². The third-order valence-corrected chi connectivity index (χ3v) is 3.97. The second-order valence-corrected chi connectivity index (χ2v) is 5.96. The molecule has 26 heavy (non-hydrogen) atoms. The summed E-state index contributed by atoms with van der Waals surface area (Å²) >= 11 is 0. The van der Waals surface area contributed by atoms with Crippen molar-refractivity contribution in [3.63, 3.8) is 0 Å². The van der Waals surface area contributed by atoms with Gasteiger partial charge in [-0.2, -0.15) is 0 Å². The standard InChI is InChI=1S/C20H21N3O3/c1-14-6-5-8-15(12-14)20-23-22-19(26-20)11-10-18(24)21-13-16-7-3-4-9-17(16)25-2/h3-9,12H,10-11,13H2,1-2H3,(H,21,24). The zero-order chi connectivity index (χ0) is 18.4. The number of hydrogen-bond acceptors (Lipinski definition) is 5. The highest BCUT2D eigenvalue weighted by Crippen LogP contribution is 2.19. The van der Waals surface area contributed by atoms with E-state index >= 15 is 0 Å². The third-order valence-electron chi connectivity index (χ3n) is 3.97. The first-order valence-corrected chi connectivity index (χ1v) is 8.43. The van der Waals surface area contributed by atoms with Crippen LogP contribution in [0.15, 0.2) is 52.9 Å². The molecule has 0 aliphatic heterocycles. The van der Waals surface area contributed by atoms with Crippen molar-refractivity contribution in [2.75, 3.05) is 7.11 Å². The Hall–Kier alpha value is -3.15. The minimum atomic E-state index is -0.0776. The van der Waals surface area contributed by atoms with Gasteiger partial charge < -0.3 is 14.5 Å². The number of benzene rings is 2. The molecule has 3 aromatic rings. The van der Waals surface area contributed by atoms with Crippen molar-refractivity contribution in [1.29, 1.82) is 0 Å². The lowest BCUT2D eigenvalue weighted by Crippen LogP contribution is -2.23. The summed E-state index contributed by atoms with van der Waals surface area (Å²) < 4.78 is 10.9.